The first kappa shape index (κ1) is 23.7. The summed E-state index contributed by atoms with van der Waals surface area (Å²) in [5.74, 6) is 2.18. The van der Waals surface area contributed by atoms with Crippen molar-refractivity contribution in [1.82, 2.24) is 24.2 Å². The van der Waals surface area contributed by atoms with Gasteiger partial charge in [0, 0.05) is 76.6 Å². The van der Waals surface area contributed by atoms with Crippen molar-refractivity contribution < 1.29 is 12.8 Å². The summed E-state index contributed by atoms with van der Waals surface area (Å²) in [5, 5.41) is 0. The molecular weight excluding hydrogens is 466 g/mol. The van der Waals surface area contributed by atoms with Gasteiger partial charge in [-0.25, -0.2) is 18.4 Å². The zero-order chi connectivity index (χ0) is 24.6. The summed E-state index contributed by atoms with van der Waals surface area (Å²) in [7, 11) is -1.46. The number of aryl methyl sites for hydroxylation is 2. The standard InChI is InChI=1S/C24H31N7O3S/c1-18-16-23(29-10-8-28(3)9-11-29)27-24(25-18)30-12-14-31(15-13-30)35(32,33)21-6-4-20(5-7-21)22-17-34-19(2)26-22/h4-7,16-17H,8-15H2,1-3H3. The molecule has 0 unspecified atom stereocenters. The lowest BCUT2D eigenvalue weighted by Gasteiger charge is -2.36. The fourth-order valence-corrected chi connectivity index (χ4v) is 5.87. The van der Waals surface area contributed by atoms with E-state index in [4.69, 9.17) is 9.40 Å². The smallest absolute Gasteiger partial charge is 0.243 e. The predicted molar refractivity (Wildman–Crippen MR) is 134 cm³/mol. The molecule has 2 aliphatic heterocycles. The fraction of sp³-hybridized carbons (Fsp3) is 0.458. The molecule has 11 heteroatoms. The van der Waals surface area contributed by atoms with Crippen molar-refractivity contribution in [2.24, 2.45) is 0 Å². The molecule has 5 rings (SSSR count). The minimum atomic E-state index is -3.59. The van der Waals surface area contributed by atoms with E-state index in [0.29, 0.717) is 43.7 Å². The van der Waals surface area contributed by atoms with Crippen molar-refractivity contribution in [3.63, 3.8) is 0 Å². The molecule has 0 saturated carbocycles. The predicted octanol–water partition coefficient (Wildman–Crippen LogP) is 2.01. The van der Waals surface area contributed by atoms with Crippen LogP contribution in [0.3, 0.4) is 0 Å². The van der Waals surface area contributed by atoms with Crippen molar-refractivity contribution in [3.8, 4) is 11.3 Å². The number of anilines is 2. The lowest BCUT2D eigenvalue weighted by Crippen LogP contribution is -2.49. The molecule has 0 amide bonds. The molecule has 0 N–H and O–H groups in total. The van der Waals surface area contributed by atoms with Crippen LogP contribution in [0, 0.1) is 13.8 Å². The lowest BCUT2D eigenvalue weighted by molar-refractivity contribution is 0.312. The number of piperazine rings is 2. The maximum Gasteiger partial charge on any atom is 0.243 e. The van der Waals surface area contributed by atoms with E-state index in [2.05, 4.69) is 31.7 Å². The first-order valence-electron chi connectivity index (χ1n) is 11.9. The van der Waals surface area contributed by atoms with Crippen LogP contribution < -0.4 is 9.80 Å². The number of benzene rings is 1. The minimum Gasteiger partial charge on any atom is -0.449 e. The Bertz CT molecular complexity index is 1280. The fourth-order valence-electron chi connectivity index (χ4n) is 4.45. The Morgan fingerprint density at radius 3 is 2.11 bits per heavy atom. The van der Waals surface area contributed by atoms with Gasteiger partial charge in [-0.1, -0.05) is 12.1 Å². The van der Waals surface area contributed by atoms with Crippen LogP contribution in [0.25, 0.3) is 11.3 Å². The molecule has 0 bridgehead atoms. The van der Waals surface area contributed by atoms with Gasteiger partial charge in [0.15, 0.2) is 5.89 Å². The third kappa shape index (κ3) is 5.02. The average molecular weight is 498 g/mol. The van der Waals surface area contributed by atoms with E-state index in [9.17, 15) is 8.42 Å². The van der Waals surface area contributed by atoms with Gasteiger partial charge < -0.3 is 19.1 Å². The Labute approximate surface area is 206 Å². The summed E-state index contributed by atoms with van der Waals surface area (Å²) in [6.45, 7) is 9.50. The molecular formula is C24H31N7O3S. The number of hydrogen-bond acceptors (Lipinski definition) is 9. The summed E-state index contributed by atoms with van der Waals surface area (Å²) in [6.07, 6.45) is 1.57. The van der Waals surface area contributed by atoms with Crippen molar-refractivity contribution in [2.45, 2.75) is 18.7 Å². The van der Waals surface area contributed by atoms with Gasteiger partial charge in [-0.2, -0.15) is 9.29 Å². The summed E-state index contributed by atoms with van der Waals surface area (Å²) in [5.41, 5.74) is 2.42. The molecule has 0 radical (unpaired) electrons. The van der Waals surface area contributed by atoms with Crippen LogP contribution in [0.4, 0.5) is 11.8 Å². The molecule has 4 heterocycles. The number of aromatic nitrogens is 3. The molecule has 3 aromatic rings. The molecule has 0 aliphatic carbocycles. The maximum atomic E-state index is 13.3. The van der Waals surface area contributed by atoms with Crippen LogP contribution in [0.5, 0.6) is 0 Å². The van der Waals surface area contributed by atoms with Crippen molar-refractivity contribution in [1.29, 1.82) is 0 Å². The number of likely N-dealkylation sites (N-methyl/N-ethyl adjacent to an activating group) is 1. The molecule has 186 valence electrons. The van der Waals surface area contributed by atoms with Crippen LogP contribution >= 0.6 is 0 Å². The highest BCUT2D eigenvalue weighted by Gasteiger charge is 2.30. The van der Waals surface area contributed by atoms with E-state index in [1.54, 1.807) is 37.5 Å². The van der Waals surface area contributed by atoms with Crippen molar-refractivity contribution in [3.05, 3.63) is 48.2 Å². The van der Waals surface area contributed by atoms with E-state index in [1.165, 1.54) is 4.31 Å². The Kier molecular flexibility index (Phi) is 6.47. The van der Waals surface area contributed by atoms with E-state index in [0.717, 1.165) is 43.3 Å². The summed E-state index contributed by atoms with van der Waals surface area (Å²) in [6, 6.07) is 8.82. The normalized spacial score (nSPS) is 18.3. The van der Waals surface area contributed by atoms with Gasteiger partial charge in [0.1, 0.15) is 17.8 Å². The molecule has 10 nitrogen and oxygen atoms in total. The second-order valence-electron chi connectivity index (χ2n) is 9.13. The van der Waals surface area contributed by atoms with Crippen LogP contribution in [-0.4, -0.2) is 92.0 Å². The van der Waals surface area contributed by atoms with Gasteiger partial charge in [0.2, 0.25) is 16.0 Å². The largest absolute Gasteiger partial charge is 0.449 e. The molecule has 2 saturated heterocycles. The van der Waals surface area contributed by atoms with Gasteiger partial charge >= 0.3 is 0 Å². The van der Waals surface area contributed by atoms with Crippen LogP contribution in [0.2, 0.25) is 0 Å². The number of rotatable bonds is 5. The highest BCUT2D eigenvalue weighted by molar-refractivity contribution is 7.89. The Morgan fingerprint density at radius 2 is 1.49 bits per heavy atom. The van der Waals surface area contributed by atoms with E-state index in [1.807, 2.05) is 13.0 Å². The number of oxazole rings is 1. The minimum absolute atomic E-state index is 0.277. The molecule has 0 spiro atoms. The van der Waals surface area contributed by atoms with E-state index >= 15 is 0 Å². The topological polar surface area (TPSA) is 98.9 Å². The lowest BCUT2D eigenvalue weighted by atomic mass is 10.2. The van der Waals surface area contributed by atoms with Crippen LogP contribution in [0.1, 0.15) is 11.6 Å². The average Bonchev–Trinajstić information content (AvgIpc) is 3.30. The Balaban J connectivity index is 1.26. The van der Waals surface area contributed by atoms with E-state index < -0.39 is 10.0 Å². The SMILES string of the molecule is Cc1cc(N2CCN(C)CC2)nc(N2CCN(S(=O)(=O)c3ccc(-c4coc(C)n4)cc3)CC2)n1. The van der Waals surface area contributed by atoms with Gasteiger partial charge in [0.25, 0.3) is 0 Å². The molecule has 2 aromatic heterocycles. The summed E-state index contributed by atoms with van der Waals surface area (Å²) >= 11 is 0. The van der Waals surface area contributed by atoms with Gasteiger partial charge in [-0.15, -0.1) is 0 Å². The van der Waals surface area contributed by atoms with Crippen molar-refractivity contribution in [2.75, 3.05) is 69.2 Å². The quantitative estimate of drug-likeness (QED) is 0.524. The third-order valence-electron chi connectivity index (χ3n) is 6.58. The Hall–Kier alpha value is -3.02. The van der Waals surface area contributed by atoms with Gasteiger partial charge in [-0.3, -0.25) is 0 Å². The summed E-state index contributed by atoms with van der Waals surface area (Å²) < 4.78 is 33.3. The molecule has 2 aliphatic rings. The van der Waals surface area contributed by atoms with Crippen molar-refractivity contribution >= 4 is 21.8 Å². The highest BCUT2D eigenvalue weighted by Crippen LogP contribution is 2.25. The number of sulfonamides is 1. The van der Waals surface area contributed by atoms with E-state index in [-0.39, 0.29) is 4.90 Å². The molecule has 1 aromatic carbocycles. The zero-order valence-corrected chi connectivity index (χ0v) is 21.2. The highest BCUT2D eigenvalue weighted by atomic mass is 32.2. The molecule has 2 fully saturated rings. The third-order valence-corrected chi connectivity index (χ3v) is 8.50. The van der Waals surface area contributed by atoms with Crippen LogP contribution in [-0.2, 0) is 10.0 Å². The molecule has 35 heavy (non-hydrogen) atoms. The van der Waals surface area contributed by atoms with Gasteiger partial charge in [0.05, 0.1) is 4.90 Å². The first-order chi connectivity index (χ1) is 16.8. The zero-order valence-electron chi connectivity index (χ0n) is 20.4. The van der Waals surface area contributed by atoms with Gasteiger partial charge in [-0.05, 0) is 26.1 Å². The second kappa shape index (κ2) is 9.56. The molecule has 0 atom stereocenters. The first-order valence-corrected chi connectivity index (χ1v) is 13.3. The number of nitrogens with zero attached hydrogens (tertiary/aromatic N) is 7. The monoisotopic (exact) mass is 497 g/mol. The number of hydrogen-bond donors (Lipinski definition) is 0. The summed E-state index contributed by atoms with van der Waals surface area (Å²) in [4.78, 5) is 20.7. The second-order valence-corrected chi connectivity index (χ2v) is 11.1. The van der Waals surface area contributed by atoms with Crippen LogP contribution in [0.15, 0.2) is 45.9 Å². The maximum absolute atomic E-state index is 13.3. The Morgan fingerprint density at radius 1 is 0.829 bits per heavy atom.